The molecule has 1 rings (SSSR count). The van der Waals surface area contributed by atoms with E-state index in [-0.39, 0.29) is 5.91 Å². The van der Waals surface area contributed by atoms with Gasteiger partial charge in [-0.15, -0.1) is 0 Å². The topological polar surface area (TPSA) is 29.1 Å². The van der Waals surface area contributed by atoms with Crippen LogP contribution >= 0.6 is 0 Å². The molecule has 0 fully saturated rings. The van der Waals surface area contributed by atoms with Gasteiger partial charge >= 0.3 is 59.1 Å². The molecule has 0 aromatic carbocycles. The monoisotopic (exact) mass is 189 g/mol. The van der Waals surface area contributed by atoms with Crippen LogP contribution in [-0.2, 0) is 4.79 Å². The van der Waals surface area contributed by atoms with E-state index in [4.69, 9.17) is 0 Å². The van der Waals surface area contributed by atoms with E-state index in [2.05, 4.69) is 10.3 Å². The normalized spacial score (nSPS) is 9.00. The standard InChI is InChI=1S/C6H7NOSe/c1-5(8)7-6-3-2-4-9-6/h2-4H,1H3,(H,7,8). The molecule has 2 nitrogen and oxygen atoms in total. The Bertz CT molecular complexity index is 193. The molecule has 1 aromatic heterocycles. The van der Waals surface area contributed by atoms with Crippen LogP contribution in [0.25, 0.3) is 0 Å². The molecule has 0 aliphatic carbocycles. The summed E-state index contributed by atoms with van der Waals surface area (Å²) in [5, 5.41) is 2.73. The van der Waals surface area contributed by atoms with Crippen LogP contribution in [0, 0.1) is 0 Å². The van der Waals surface area contributed by atoms with Crippen LogP contribution in [-0.4, -0.2) is 20.4 Å². The number of nitrogens with one attached hydrogen (secondary N) is 1. The van der Waals surface area contributed by atoms with Crippen molar-refractivity contribution in [2.45, 2.75) is 6.92 Å². The van der Waals surface area contributed by atoms with Crippen molar-refractivity contribution >= 4 is 25.0 Å². The Morgan fingerprint density at radius 2 is 2.56 bits per heavy atom. The second-order valence-corrected chi connectivity index (χ2v) is 3.65. The summed E-state index contributed by atoms with van der Waals surface area (Å²) in [6.45, 7) is 1.52. The van der Waals surface area contributed by atoms with E-state index in [1.165, 1.54) is 6.92 Å². The summed E-state index contributed by atoms with van der Waals surface area (Å²) in [4.78, 5) is 12.5. The van der Waals surface area contributed by atoms with Gasteiger partial charge in [-0.3, -0.25) is 0 Å². The van der Waals surface area contributed by atoms with Gasteiger partial charge in [-0.1, -0.05) is 0 Å². The Morgan fingerprint density at radius 1 is 1.78 bits per heavy atom. The number of hydrogen-bond acceptors (Lipinski definition) is 1. The number of anilines is 1. The summed E-state index contributed by atoms with van der Waals surface area (Å²) in [6, 6.07) is 3.90. The summed E-state index contributed by atoms with van der Waals surface area (Å²) < 4.78 is 1.05. The molecule has 0 aliphatic rings. The fourth-order valence-electron chi connectivity index (χ4n) is 0.523. The van der Waals surface area contributed by atoms with Crippen molar-refractivity contribution in [3.05, 3.63) is 17.1 Å². The minimum atomic E-state index is 0.0202. The third-order valence-corrected chi connectivity index (χ3v) is 2.47. The quantitative estimate of drug-likeness (QED) is 0.646. The number of hydrogen-bond donors (Lipinski definition) is 1. The molecule has 9 heavy (non-hydrogen) atoms. The number of rotatable bonds is 1. The van der Waals surface area contributed by atoms with Crippen LogP contribution in [0.1, 0.15) is 6.92 Å². The first-order valence-corrected chi connectivity index (χ1v) is 4.44. The van der Waals surface area contributed by atoms with Gasteiger partial charge in [-0.25, -0.2) is 0 Å². The van der Waals surface area contributed by atoms with Crippen LogP contribution in [0.5, 0.6) is 0 Å². The molecule has 0 spiro atoms. The van der Waals surface area contributed by atoms with E-state index in [1.807, 2.05) is 12.1 Å². The SMILES string of the molecule is CC(=O)Nc1ccc[se]1. The summed E-state index contributed by atoms with van der Waals surface area (Å²) >= 11 is 0.367. The zero-order valence-electron chi connectivity index (χ0n) is 5.05. The fourth-order valence-corrected chi connectivity index (χ4v) is 1.92. The van der Waals surface area contributed by atoms with Crippen molar-refractivity contribution in [1.29, 1.82) is 0 Å². The second-order valence-electron chi connectivity index (χ2n) is 1.66. The molecular formula is C6H7NOSe. The first kappa shape index (κ1) is 6.59. The average molecular weight is 188 g/mol. The van der Waals surface area contributed by atoms with Gasteiger partial charge in [0.15, 0.2) is 0 Å². The van der Waals surface area contributed by atoms with E-state index in [0.717, 1.165) is 4.56 Å². The van der Waals surface area contributed by atoms with Gasteiger partial charge in [-0.05, 0) is 0 Å². The van der Waals surface area contributed by atoms with E-state index in [1.54, 1.807) is 0 Å². The molecule has 1 aromatic rings. The zero-order chi connectivity index (χ0) is 6.69. The molecule has 0 atom stereocenters. The predicted molar refractivity (Wildman–Crippen MR) is 37.7 cm³/mol. The molecule has 1 heterocycles. The molecule has 3 heteroatoms. The van der Waals surface area contributed by atoms with Crippen LogP contribution in [0.3, 0.4) is 0 Å². The molecular weight excluding hydrogens is 181 g/mol. The first-order chi connectivity index (χ1) is 4.29. The van der Waals surface area contributed by atoms with Crippen LogP contribution in [0.4, 0.5) is 4.56 Å². The Kier molecular flexibility index (Phi) is 2.09. The van der Waals surface area contributed by atoms with E-state index in [9.17, 15) is 4.79 Å². The maximum atomic E-state index is 10.4. The average Bonchev–Trinajstić information content (AvgIpc) is 2.15. The van der Waals surface area contributed by atoms with Crippen molar-refractivity contribution in [3.63, 3.8) is 0 Å². The third-order valence-electron chi connectivity index (χ3n) is 0.820. The second kappa shape index (κ2) is 2.85. The molecule has 0 unspecified atom stereocenters. The van der Waals surface area contributed by atoms with Gasteiger partial charge < -0.3 is 0 Å². The summed E-state index contributed by atoms with van der Waals surface area (Å²) in [5.41, 5.74) is 0. The van der Waals surface area contributed by atoms with Gasteiger partial charge in [0.25, 0.3) is 0 Å². The molecule has 0 radical (unpaired) electrons. The van der Waals surface area contributed by atoms with Crippen molar-refractivity contribution < 1.29 is 4.79 Å². The Hall–Kier alpha value is -0.531. The number of carbonyl (C=O) groups excluding carboxylic acids is 1. The zero-order valence-corrected chi connectivity index (χ0v) is 6.76. The summed E-state index contributed by atoms with van der Waals surface area (Å²) in [5.74, 6) is 0.0202. The van der Waals surface area contributed by atoms with Gasteiger partial charge in [0.2, 0.25) is 0 Å². The molecule has 48 valence electrons. The van der Waals surface area contributed by atoms with Crippen molar-refractivity contribution in [2.24, 2.45) is 0 Å². The van der Waals surface area contributed by atoms with Crippen molar-refractivity contribution in [1.82, 2.24) is 0 Å². The van der Waals surface area contributed by atoms with Gasteiger partial charge in [0, 0.05) is 0 Å². The molecule has 1 N–H and O–H groups in total. The van der Waals surface area contributed by atoms with Crippen LogP contribution < -0.4 is 5.32 Å². The molecule has 0 saturated carbocycles. The van der Waals surface area contributed by atoms with Crippen molar-refractivity contribution in [3.8, 4) is 0 Å². The van der Waals surface area contributed by atoms with E-state index >= 15 is 0 Å². The minimum absolute atomic E-state index is 0.0202. The number of carbonyl (C=O) groups is 1. The van der Waals surface area contributed by atoms with Gasteiger partial charge in [0.1, 0.15) is 0 Å². The van der Waals surface area contributed by atoms with Gasteiger partial charge in [0.05, 0.1) is 0 Å². The van der Waals surface area contributed by atoms with Gasteiger partial charge in [-0.2, -0.15) is 0 Å². The van der Waals surface area contributed by atoms with Crippen LogP contribution in [0.2, 0.25) is 0 Å². The summed E-state index contributed by atoms with van der Waals surface area (Å²) in [7, 11) is 0. The summed E-state index contributed by atoms with van der Waals surface area (Å²) in [6.07, 6.45) is 0. The van der Waals surface area contributed by atoms with Crippen LogP contribution in [0.15, 0.2) is 17.1 Å². The molecule has 0 saturated heterocycles. The Labute approximate surface area is 59.6 Å². The fraction of sp³-hybridized carbons (Fsp3) is 0.167. The third kappa shape index (κ3) is 2.04. The Balaban J connectivity index is 2.58. The van der Waals surface area contributed by atoms with Crippen molar-refractivity contribution in [2.75, 3.05) is 5.32 Å². The Morgan fingerprint density at radius 3 is 3.00 bits per heavy atom. The molecule has 1 amide bonds. The first-order valence-electron chi connectivity index (χ1n) is 2.60. The molecule has 0 bridgehead atoms. The number of amides is 1. The maximum absolute atomic E-state index is 10.4. The van der Waals surface area contributed by atoms with E-state index in [0.29, 0.717) is 14.5 Å². The molecule has 0 aliphatic heterocycles. The van der Waals surface area contributed by atoms with E-state index < -0.39 is 0 Å². The predicted octanol–water partition coefficient (Wildman–Crippen LogP) is 0.702.